The van der Waals surface area contributed by atoms with Crippen LogP contribution in [0.15, 0.2) is 48.6 Å². The first-order valence-electron chi connectivity index (χ1n) is 8.93. The summed E-state index contributed by atoms with van der Waals surface area (Å²) < 4.78 is 0. The third-order valence-corrected chi connectivity index (χ3v) is 5.56. The first-order chi connectivity index (χ1) is 12.5. The van der Waals surface area contributed by atoms with E-state index in [1.807, 2.05) is 24.3 Å². The van der Waals surface area contributed by atoms with Crippen LogP contribution < -0.4 is 0 Å². The lowest BCUT2D eigenvalue weighted by Gasteiger charge is -2.06. The van der Waals surface area contributed by atoms with Crippen LogP contribution in [-0.4, -0.2) is 22.2 Å². The number of carbonyl (C=O) groups is 2. The smallest absolute Gasteiger partial charge is 0.336 e. The normalized spacial score (nSPS) is 20.9. The van der Waals surface area contributed by atoms with Gasteiger partial charge >= 0.3 is 11.9 Å². The molecule has 0 saturated heterocycles. The highest BCUT2D eigenvalue weighted by atomic mass is 16.4. The number of aromatic carboxylic acids is 2. The van der Waals surface area contributed by atoms with Crippen LogP contribution >= 0.6 is 0 Å². The van der Waals surface area contributed by atoms with Gasteiger partial charge in [-0.25, -0.2) is 9.59 Å². The molecule has 1 saturated carbocycles. The van der Waals surface area contributed by atoms with E-state index in [2.05, 4.69) is 12.2 Å². The molecule has 0 spiro atoms. The first-order valence-corrected chi connectivity index (χ1v) is 8.93. The number of benzene rings is 2. The minimum Gasteiger partial charge on any atom is -0.478 e. The van der Waals surface area contributed by atoms with Crippen molar-refractivity contribution in [3.05, 3.63) is 70.8 Å². The van der Waals surface area contributed by atoms with Crippen molar-refractivity contribution in [3.63, 3.8) is 0 Å². The molecule has 0 amide bonds. The Kier molecular flexibility index (Phi) is 4.11. The Balaban J connectivity index is 0.000000198. The maximum Gasteiger partial charge on any atom is 0.336 e. The van der Waals surface area contributed by atoms with E-state index in [1.165, 1.54) is 31.4 Å². The Morgan fingerprint density at radius 3 is 1.96 bits per heavy atom. The minimum absolute atomic E-state index is 0.154. The molecule has 26 heavy (non-hydrogen) atoms. The van der Waals surface area contributed by atoms with Crippen molar-refractivity contribution in [1.29, 1.82) is 0 Å². The molecule has 2 aromatic carbocycles. The van der Waals surface area contributed by atoms with E-state index in [9.17, 15) is 9.59 Å². The maximum absolute atomic E-state index is 11.2. The van der Waals surface area contributed by atoms with Gasteiger partial charge in [-0.1, -0.05) is 36.4 Å². The molecule has 1 fully saturated rings. The summed E-state index contributed by atoms with van der Waals surface area (Å²) in [6.45, 7) is 0. The summed E-state index contributed by atoms with van der Waals surface area (Å²) in [5.41, 5.74) is 3.44. The van der Waals surface area contributed by atoms with Crippen LogP contribution in [0, 0.1) is 11.8 Å². The molecule has 2 aromatic rings. The number of fused-ring (bicyclic) bond motifs is 5. The predicted molar refractivity (Wildman–Crippen MR) is 98.6 cm³/mol. The molecular formula is C22H20O4. The zero-order chi connectivity index (χ0) is 18.3. The number of rotatable bonds is 2. The highest BCUT2D eigenvalue weighted by molar-refractivity contribution is 6.03. The predicted octanol–water partition coefficient (Wildman–Crippen LogP) is 4.63. The summed E-state index contributed by atoms with van der Waals surface area (Å²) >= 11 is 0. The van der Waals surface area contributed by atoms with Gasteiger partial charge < -0.3 is 10.2 Å². The lowest BCUT2D eigenvalue weighted by Crippen LogP contribution is -2.08. The Morgan fingerprint density at radius 2 is 1.42 bits per heavy atom. The molecular weight excluding hydrogens is 328 g/mol. The second-order valence-corrected chi connectivity index (χ2v) is 7.22. The van der Waals surface area contributed by atoms with Gasteiger partial charge in [-0.15, -0.1) is 0 Å². The summed E-state index contributed by atoms with van der Waals surface area (Å²) in [7, 11) is 0. The van der Waals surface area contributed by atoms with Crippen LogP contribution in [0.3, 0.4) is 0 Å². The van der Waals surface area contributed by atoms with E-state index in [1.54, 1.807) is 0 Å². The number of carboxylic acid groups (broad SMARTS) is 2. The van der Waals surface area contributed by atoms with Gasteiger partial charge in [-0.05, 0) is 71.9 Å². The molecule has 132 valence electrons. The van der Waals surface area contributed by atoms with E-state index < -0.39 is 11.9 Å². The van der Waals surface area contributed by atoms with Gasteiger partial charge in [0.2, 0.25) is 0 Å². The van der Waals surface area contributed by atoms with Crippen LogP contribution in [0.5, 0.6) is 0 Å². The summed E-state index contributed by atoms with van der Waals surface area (Å²) in [5.74, 6) is -0.448. The Bertz CT molecular complexity index is 914. The average molecular weight is 348 g/mol. The highest BCUT2D eigenvalue weighted by Gasteiger charge is 2.26. The summed E-state index contributed by atoms with van der Waals surface area (Å²) in [5, 5.41) is 18.2. The largest absolute Gasteiger partial charge is 0.478 e. The van der Waals surface area contributed by atoms with Crippen molar-refractivity contribution in [1.82, 2.24) is 0 Å². The topological polar surface area (TPSA) is 74.6 Å². The van der Waals surface area contributed by atoms with E-state index in [0.29, 0.717) is 6.42 Å². The molecule has 4 nitrogen and oxygen atoms in total. The third-order valence-electron chi connectivity index (χ3n) is 5.56. The fourth-order valence-corrected chi connectivity index (χ4v) is 4.25. The van der Waals surface area contributed by atoms with Crippen LogP contribution in [0.4, 0.5) is 0 Å². The molecule has 4 heteroatoms. The van der Waals surface area contributed by atoms with Gasteiger partial charge in [-0.2, -0.15) is 0 Å². The minimum atomic E-state index is -1.22. The molecule has 5 rings (SSSR count). The molecule has 2 atom stereocenters. The van der Waals surface area contributed by atoms with Gasteiger partial charge in [0.15, 0.2) is 0 Å². The van der Waals surface area contributed by atoms with Crippen LogP contribution in [0.1, 0.15) is 51.1 Å². The lowest BCUT2D eigenvalue weighted by molar-refractivity contribution is 0.0651. The molecule has 2 N–H and O–H groups in total. The van der Waals surface area contributed by atoms with Gasteiger partial charge in [-0.3, -0.25) is 0 Å². The number of allylic oxidation sites excluding steroid dienone is 2. The molecule has 2 bridgehead atoms. The lowest BCUT2D eigenvalue weighted by atomic mass is 9.98. The second-order valence-electron chi connectivity index (χ2n) is 7.22. The number of carboxylic acids is 2. The van der Waals surface area contributed by atoms with E-state index >= 15 is 0 Å². The molecule has 0 heterocycles. The van der Waals surface area contributed by atoms with E-state index in [0.717, 1.165) is 34.1 Å². The van der Waals surface area contributed by atoms with Gasteiger partial charge in [0.1, 0.15) is 0 Å². The zero-order valence-corrected chi connectivity index (χ0v) is 14.3. The first kappa shape index (κ1) is 16.6. The maximum atomic E-state index is 11.2. The van der Waals surface area contributed by atoms with E-state index in [4.69, 9.17) is 10.2 Å². The fraction of sp³-hybridized carbons (Fsp3) is 0.273. The van der Waals surface area contributed by atoms with Gasteiger partial charge in [0, 0.05) is 0 Å². The van der Waals surface area contributed by atoms with Crippen LogP contribution in [-0.2, 0) is 6.42 Å². The summed E-state index contributed by atoms with van der Waals surface area (Å²) in [6, 6.07) is 10.6. The van der Waals surface area contributed by atoms with Crippen LogP contribution in [0.2, 0.25) is 0 Å². The van der Waals surface area contributed by atoms with Crippen molar-refractivity contribution in [3.8, 4) is 11.1 Å². The standard InChI is InChI=1S/C15H10O4.C7H10/c16-14(17)12-6-9-5-8-3-1-2-4-10(8)11(9)7-13(12)15(18)19;1-2-7-4-3-6(1)5-7/h1-4,6-7H,5H2,(H,16,17)(H,18,19);1-2,6-7H,3-5H2. The number of hydrogen-bond acceptors (Lipinski definition) is 2. The SMILES string of the molecule is C1=CC2CCC1C2.O=C(O)c1cc2c(cc1C(=O)O)-c1ccccc1C2. The van der Waals surface area contributed by atoms with Crippen molar-refractivity contribution >= 4 is 11.9 Å². The van der Waals surface area contributed by atoms with Gasteiger partial charge in [0.05, 0.1) is 11.1 Å². The molecule has 0 aliphatic heterocycles. The Morgan fingerprint density at radius 1 is 0.808 bits per heavy atom. The molecule has 3 aliphatic rings. The van der Waals surface area contributed by atoms with Crippen molar-refractivity contribution in [2.45, 2.75) is 25.7 Å². The molecule has 2 unspecified atom stereocenters. The second kappa shape index (κ2) is 6.45. The zero-order valence-electron chi connectivity index (χ0n) is 14.3. The van der Waals surface area contributed by atoms with E-state index in [-0.39, 0.29) is 11.1 Å². The van der Waals surface area contributed by atoms with Crippen molar-refractivity contribution in [2.75, 3.05) is 0 Å². The van der Waals surface area contributed by atoms with Crippen LogP contribution in [0.25, 0.3) is 11.1 Å². The average Bonchev–Trinajstić information content (AvgIpc) is 3.36. The third kappa shape index (κ3) is 2.92. The monoisotopic (exact) mass is 348 g/mol. The molecule has 0 radical (unpaired) electrons. The molecule has 3 aliphatic carbocycles. The highest BCUT2D eigenvalue weighted by Crippen LogP contribution is 2.39. The quantitative estimate of drug-likeness (QED) is 0.662. The fourth-order valence-electron chi connectivity index (χ4n) is 4.25. The van der Waals surface area contributed by atoms with Crippen molar-refractivity contribution < 1.29 is 19.8 Å². The number of hydrogen-bond donors (Lipinski definition) is 2. The van der Waals surface area contributed by atoms with Crippen molar-refractivity contribution in [2.24, 2.45) is 11.8 Å². The summed E-state index contributed by atoms with van der Waals surface area (Å²) in [4.78, 5) is 22.3. The Hall–Kier alpha value is -2.88. The Labute approximate surface area is 151 Å². The molecule has 0 aromatic heterocycles. The summed E-state index contributed by atoms with van der Waals surface area (Å²) in [6.07, 6.45) is 9.83. The van der Waals surface area contributed by atoms with Gasteiger partial charge in [0.25, 0.3) is 0 Å².